The number of halogens is 2. The molecule has 7 heteroatoms. The maximum atomic E-state index is 4.72. The first-order valence-electron chi connectivity index (χ1n) is 7.22. The van der Waals surface area contributed by atoms with E-state index in [1.807, 2.05) is 6.20 Å². The minimum absolute atomic E-state index is 0. The van der Waals surface area contributed by atoms with Crippen molar-refractivity contribution in [2.45, 2.75) is 44.8 Å². The van der Waals surface area contributed by atoms with Gasteiger partial charge in [0.1, 0.15) is 5.69 Å². The molecule has 1 saturated carbocycles. The van der Waals surface area contributed by atoms with Gasteiger partial charge in [-0.15, -0.1) is 24.8 Å². The quantitative estimate of drug-likeness (QED) is 0.921. The monoisotopic (exact) mass is 329 g/mol. The summed E-state index contributed by atoms with van der Waals surface area (Å²) in [5.74, 6) is 1.04. The summed E-state index contributed by atoms with van der Waals surface area (Å²) >= 11 is 0. The van der Waals surface area contributed by atoms with Gasteiger partial charge in [0.05, 0.1) is 12.2 Å². The van der Waals surface area contributed by atoms with Gasteiger partial charge in [-0.2, -0.15) is 5.10 Å². The Morgan fingerprint density at radius 2 is 2.00 bits per heavy atom. The fourth-order valence-corrected chi connectivity index (χ4v) is 3.29. The Morgan fingerprint density at radius 1 is 1.19 bits per heavy atom. The lowest BCUT2D eigenvalue weighted by Gasteiger charge is -2.14. The first kappa shape index (κ1) is 16.3. The van der Waals surface area contributed by atoms with Crippen LogP contribution in [0.2, 0.25) is 0 Å². The Hall–Kier alpha value is -1.04. The highest BCUT2D eigenvalue weighted by atomic mass is 35.5. The predicted octanol–water partition coefficient (Wildman–Crippen LogP) is 2.81. The molecule has 2 aromatic heterocycles. The molecule has 2 aliphatic rings. The van der Waals surface area contributed by atoms with Crippen LogP contribution in [-0.2, 0) is 13.1 Å². The topological polar surface area (TPSA) is 47.7 Å². The molecule has 0 aromatic carbocycles. The standard InChI is InChI=1S/C14H19N5.2ClH/c1-2-4-11(3-1)18-7-6-16-14(18)13-9-12-10-15-5-8-19(12)17-13;;/h6-7,9,11,15H,1-5,8,10H2;2*1H. The predicted molar refractivity (Wildman–Crippen MR) is 87.2 cm³/mol. The van der Waals surface area contributed by atoms with Gasteiger partial charge in [-0.25, -0.2) is 4.98 Å². The number of aromatic nitrogens is 4. The highest BCUT2D eigenvalue weighted by Crippen LogP contribution is 2.32. The molecule has 0 amide bonds. The molecule has 0 spiro atoms. The van der Waals surface area contributed by atoms with E-state index in [4.69, 9.17) is 5.10 Å². The molecule has 2 aromatic rings. The molecular formula is C14H21Cl2N5. The summed E-state index contributed by atoms with van der Waals surface area (Å²) in [6.07, 6.45) is 9.25. The third kappa shape index (κ3) is 2.96. The van der Waals surface area contributed by atoms with Gasteiger partial charge in [0.15, 0.2) is 5.82 Å². The van der Waals surface area contributed by atoms with Crippen molar-refractivity contribution in [2.75, 3.05) is 6.54 Å². The second-order valence-electron chi connectivity index (χ2n) is 5.52. The molecule has 0 saturated heterocycles. The first-order valence-corrected chi connectivity index (χ1v) is 7.22. The van der Waals surface area contributed by atoms with Crippen molar-refractivity contribution in [3.8, 4) is 11.5 Å². The van der Waals surface area contributed by atoms with Crippen molar-refractivity contribution in [1.82, 2.24) is 24.6 Å². The van der Waals surface area contributed by atoms with Crippen LogP contribution in [0.4, 0.5) is 0 Å². The highest BCUT2D eigenvalue weighted by molar-refractivity contribution is 5.85. The van der Waals surface area contributed by atoms with Crippen LogP contribution < -0.4 is 5.32 Å². The second-order valence-corrected chi connectivity index (χ2v) is 5.52. The fraction of sp³-hybridized carbons (Fsp3) is 0.571. The van der Waals surface area contributed by atoms with Crippen LogP contribution in [0.5, 0.6) is 0 Å². The SMILES string of the molecule is Cl.Cl.c1cn(C2CCCC2)c(-c2cc3n(n2)CCNC3)n1. The minimum atomic E-state index is 0. The van der Waals surface area contributed by atoms with E-state index in [1.54, 1.807) is 0 Å². The molecule has 0 unspecified atom stereocenters. The van der Waals surface area contributed by atoms with E-state index in [9.17, 15) is 0 Å². The maximum Gasteiger partial charge on any atom is 0.160 e. The number of nitrogens with one attached hydrogen (secondary N) is 1. The molecule has 1 aliphatic heterocycles. The molecular weight excluding hydrogens is 309 g/mol. The Morgan fingerprint density at radius 3 is 2.76 bits per heavy atom. The summed E-state index contributed by atoms with van der Waals surface area (Å²) in [5, 5.41) is 8.10. The second kappa shape index (κ2) is 6.81. The molecule has 116 valence electrons. The number of imidazole rings is 1. The normalized spacial score (nSPS) is 17.9. The summed E-state index contributed by atoms with van der Waals surface area (Å²) in [6.45, 7) is 2.88. The third-order valence-electron chi connectivity index (χ3n) is 4.29. The molecule has 0 bridgehead atoms. The van der Waals surface area contributed by atoms with Gasteiger partial charge in [-0.05, 0) is 18.9 Å². The zero-order chi connectivity index (χ0) is 12.7. The average Bonchev–Trinajstić information content (AvgIpc) is 3.17. The van der Waals surface area contributed by atoms with Crippen molar-refractivity contribution >= 4 is 24.8 Å². The smallest absolute Gasteiger partial charge is 0.160 e. The van der Waals surface area contributed by atoms with Gasteiger partial charge >= 0.3 is 0 Å². The number of rotatable bonds is 2. The van der Waals surface area contributed by atoms with Gasteiger partial charge in [0.25, 0.3) is 0 Å². The molecule has 1 N–H and O–H groups in total. The lowest BCUT2D eigenvalue weighted by molar-refractivity contribution is 0.475. The van der Waals surface area contributed by atoms with Crippen molar-refractivity contribution in [1.29, 1.82) is 0 Å². The average molecular weight is 330 g/mol. The van der Waals surface area contributed by atoms with Crippen molar-refractivity contribution in [3.05, 3.63) is 24.2 Å². The molecule has 1 aliphatic carbocycles. The summed E-state index contributed by atoms with van der Waals surface area (Å²) < 4.78 is 4.44. The highest BCUT2D eigenvalue weighted by Gasteiger charge is 2.22. The summed E-state index contributed by atoms with van der Waals surface area (Å²) in [7, 11) is 0. The number of hydrogen-bond donors (Lipinski definition) is 1. The Labute approximate surface area is 136 Å². The van der Waals surface area contributed by atoms with E-state index in [0.717, 1.165) is 31.2 Å². The Balaban J connectivity index is 0.000000807. The van der Waals surface area contributed by atoms with Gasteiger partial charge in [0, 0.05) is 31.5 Å². The van der Waals surface area contributed by atoms with E-state index in [0.29, 0.717) is 6.04 Å². The molecule has 4 rings (SSSR count). The Bertz CT molecular complexity index is 562. The zero-order valence-corrected chi connectivity index (χ0v) is 13.5. The van der Waals surface area contributed by atoms with E-state index in [-0.39, 0.29) is 24.8 Å². The summed E-state index contributed by atoms with van der Waals surface area (Å²) in [6, 6.07) is 2.80. The van der Waals surface area contributed by atoms with Crippen LogP contribution in [-0.4, -0.2) is 25.9 Å². The van der Waals surface area contributed by atoms with Crippen LogP contribution >= 0.6 is 24.8 Å². The van der Waals surface area contributed by atoms with Crippen LogP contribution in [0.15, 0.2) is 18.5 Å². The third-order valence-corrected chi connectivity index (χ3v) is 4.29. The molecule has 5 nitrogen and oxygen atoms in total. The van der Waals surface area contributed by atoms with Gasteiger partial charge in [-0.3, -0.25) is 4.68 Å². The largest absolute Gasteiger partial charge is 0.327 e. The lowest BCUT2D eigenvalue weighted by atomic mass is 10.2. The lowest BCUT2D eigenvalue weighted by Crippen LogP contribution is -2.28. The number of hydrogen-bond acceptors (Lipinski definition) is 3. The summed E-state index contributed by atoms with van der Waals surface area (Å²) in [5.41, 5.74) is 2.29. The van der Waals surface area contributed by atoms with E-state index in [1.165, 1.54) is 31.4 Å². The van der Waals surface area contributed by atoms with Gasteiger partial charge in [-0.1, -0.05) is 12.8 Å². The number of nitrogens with zero attached hydrogens (tertiary/aromatic N) is 4. The van der Waals surface area contributed by atoms with E-state index >= 15 is 0 Å². The number of fused-ring (bicyclic) bond motifs is 1. The van der Waals surface area contributed by atoms with E-state index < -0.39 is 0 Å². The molecule has 0 radical (unpaired) electrons. The minimum Gasteiger partial charge on any atom is -0.327 e. The molecule has 21 heavy (non-hydrogen) atoms. The van der Waals surface area contributed by atoms with Crippen LogP contribution in [0.3, 0.4) is 0 Å². The van der Waals surface area contributed by atoms with Gasteiger partial charge in [0.2, 0.25) is 0 Å². The Kier molecular flexibility index (Phi) is 5.30. The molecule has 0 atom stereocenters. The van der Waals surface area contributed by atoms with Gasteiger partial charge < -0.3 is 9.88 Å². The van der Waals surface area contributed by atoms with Crippen LogP contribution in [0.25, 0.3) is 11.5 Å². The maximum absolute atomic E-state index is 4.72. The first-order chi connectivity index (χ1) is 9.42. The zero-order valence-electron chi connectivity index (χ0n) is 11.9. The fourth-order valence-electron chi connectivity index (χ4n) is 3.29. The summed E-state index contributed by atoms with van der Waals surface area (Å²) in [4.78, 5) is 4.54. The van der Waals surface area contributed by atoms with E-state index in [2.05, 4.69) is 31.8 Å². The van der Waals surface area contributed by atoms with Crippen molar-refractivity contribution in [2.24, 2.45) is 0 Å². The van der Waals surface area contributed by atoms with Crippen LogP contribution in [0, 0.1) is 0 Å². The van der Waals surface area contributed by atoms with Crippen LogP contribution in [0.1, 0.15) is 37.4 Å². The van der Waals surface area contributed by atoms with Crippen molar-refractivity contribution in [3.63, 3.8) is 0 Å². The molecule has 1 fully saturated rings. The molecule has 3 heterocycles. The van der Waals surface area contributed by atoms with Crippen molar-refractivity contribution < 1.29 is 0 Å².